The van der Waals surface area contributed by atoms with Crippen molar-refractivity contribution in [2.45, 2.75) is 46.1 Å². The Morgan fingerprint density at radius 3 is 2.23 bits per heavy atom. The second-order valence-electron chi connectivity index (χ2n) is 5.18. The summed E-state index contributed by atoms with van der Waals surface area (Å²) in [6.45, 7) is 7.99. The minimum absolute atomic E-state index is 0.595. The van der Waals surface area contributed by atoms with Crippen LogP contribution in [0, 0.1) is 28.6 Å². The van der Waals surface area contributed by atoms with Crippen LogP contribution >= 0.6 is 0 Å². The number of hydrogen-bond donors (Lipinski definition) is 1. The summed E-state index contributed by atoms with van der Waals surface area (Å²) in [6.07, 6.45) is 1.57. The van der Waals surface area contributed by atoms with E-state index in [1.165, 1.54) is 0 Å². The normalized spacial score (nSPS) is 34.1. The fraction of sp³-hybridized carbons (Fsp3) is 0.909. The molecule has 1 aliphatic carbocycles. The van der Waals surface area contributed by atoms with Gasteiger partial charge in [0, 0.05) is 0 Å². The highest BCUT2D eigenvalue weighted by Crippen LogP contribution is 2.51. The minimum Gasteiger partial charge on any atom is -0.388 e. The van der Waals surface area contributed by atoms with E-state index in [1.807, 2.05) is 13.8 Å². The quantitative estimate of drug-likeness (QED) is 0.710. The summed E-state index contributed by atoms with van der Waals surface area (Å²) in [6, 6.07) is 2.19. The molecule has 0 radical (unpaired) electrons. The van der Waals surface area contributed by atoms with Gasteiger partial charge in [0.15, 0.2) is 0 Å². The maximum absolute atomic E-state index is 10.1. The van der Waals surface area contributed by atoms with E-state index in [4.69, 9.17) is 5.26 Å². The van der Waals surface area contributed by atoms with Crippen LogP contribution in [0.1, 0.15) is 40.5 Å². The predicted octanol–water partition coefficient (Wildman–Crippen LogP) is 2.33. The Labute approximate surface area is 80.6 Å². The van der Waals surface area contributed by atoms with E-state index >= 15 is 0 Å². The molecule has 1 N–H and O–H groups in total. The van der Waals surface area contributed by atoms with Gasteiger partial charge in [-0.25, -0.2) is 0 Å². The lowest BCUT2D eigenvalue weighted by atomic mass is 9.56. The zero-order valence-electron chi connectivity index (χ0n) is 8.96. The summed E-state index contributed by atoms with van der Waals surface area (Å²) in [7, 11) is 0. The van der Waals surface area contributed by atoms with E-state index < -0.39 is 11.0 Å². The number of hydrogen-bond acceptors (Lipinski definition) is 2. The standard InChI is InChI=1S/C11H19NO/c1-8(2)9-5-11(13,6-9)10(3,4)7-12/h8-9,13H,5-6H2,1-4H3. The van der Waals surface area contributed by atoms with Crippen LogP contribution < -0.4 is 0 Å². The van der Waals surface area contributed by atoms with Gasteiger partial charge in [0.1, 0.15) is 0 Å². The summed E-state index contributed by atoms with van der Waals surface area (Å²) in [5.74, 6) is 1.22. The largest absolute Gasteiger partial charge is 0.388 e. The topological polar surface area (TPSA) is 44.0 Å². The second kappa shape index (κ2) is 2.99. The molecular formula is C11H19NO. The zero-order chi connectivity index (χ0) is 10.3. The average Bonchev–Trinajstić information content (AvgIpc) is 1.97. The second-order valence-corrected chi connectivity index (χ2v) is 5.18. The summed E-state index contributed by atoms with van der Waals surface area (Å²) in [4.78, 5) is 0. The van der Waals surface area contributed by atoms with Crippen LogP contribution in [0.4, 0.5) is 0 Å². The Balaban J connectivity index is 2.62. The predicted molar refractivity (Wildman–Crippen MR) is 51.9 cm³/mol. The van der Waals surface area contributed by atoms with Gasteiger partial charge in [0.2, 0.25) is 0 Å². The summed E-state index contributed by atoms with van der Waals surface area (Å²) in [5, 5.41) is 19.0. The van der Waals surface area contributed by atoms with Crippen LogP contribution in [0.3, 0.4) is 0 Å². The van der Waals surface area contributed by atoms with Crippen molar-refractivity contribution in [3.8, 4) is 6.07 Å². The van der Waals surface area contributed by atoms with Crippen LogP contribution in [0.2, 0.25) is 0 Å². The Bertz CT molecular complexity index is 231. The lowest BCUT2D eigenvalue weighted by molar-refractivity contribution is -0.143. The van der Waals surface area contributed by atoms with Crippen LogP contribution in [0.15, 0.2) is 0 Å². The fourth-order valence-electron chi connectivity index (χ4n) is 1.89. The van der Waals surface area contributed by atoms with Gasteiger partial charge in [0.25, 0.3) is 0 Å². The molecule has 1 rings (SSSR count). The molecule has 2 heteroatoms. The minimum atomic E-state index is -0.739. The van der Waals surface area contributed by atoms with E-state index in [9.17, 15) is 5.11 Å². The molecule has 1 aliphatic rings. The van der Waals surface area contributed by atoms with E-state index in [0.717, 1.165) is 12.8 Å². The molecule has 0 aliphatic heterocycles. The van der Waals surface area contributed by atoms with E-state index in [0.29, 0.717) is 11.8 Å². The Morgan fingerprint density at radius 2 is 1.92 bits per heavy atom. The molecule has 0 bridgehead atoms. The first kappa shape index (κ1) is 10.5. The maximum atomic E-state index is 10.1. The van der Waals surface area contributed by atoms with Crippen LogP contribution in [0.25, 0.3) is 0 Å². The van der Waals surface area contributed by atoms with Crippen molar-refractivity contribution in [2.24, 2.45) is 17.3 Å². The third-order valence-corrected chi connectivity index (χ3v) is 3.59. The van der Waals surface area contributed by atoms with Crippen molar-refractivity contribution in [3.05, 3.63) is 0 Å². The van der Waals surface area contributed by atoms with Gasteiger partial charge >= 0.3 is 0 Å². The van der Waals surface area contributed by atoms with Gasteiger partial charge in [-0.05, 0) is 38.5 Å². The summed E-state index contributed by atoms with van der Waals surface area (Å²) in [5.41, 5.74) is -1.34. The first-order valence-electron chi connectivity index (χ1n) is 4.96. The van der Waals surface area contributed by atoms with Crippen molar-refractivity contribution < 1.29 is 5.11 Å². The molecule has 13 heavy (non-hydrogen) atoms. The van der Waals surface area contributed by atoms with Crippen molar-refractivity contribution in [2.75, 3.05) is 0 Å². The Morgan fingerprint density at radius 1 is 1.46 bits per heavy atom. The molecule has 2 nitrogen and oxygen atoms in total. The van der Waals surface area contributed by atoms with E-state index in [2.05, 4.69) is 19.9 Å². The summed E-state index contributed by atoms with van der Waals surface area (Å²) < 4.78 is 0. The lowest BCUT2D eigenvalue weighted by Crippen LogP contribution is -2.55. The highest BCUT2D eigenvalue weighted by molar-refractivity contribution is 5.12. The molecule has 74 valence electrons. The van der Waals surface area contributed by atoms with Gasteiger partial charge in [0.05, 0.1) is 17.1 Å². The fourth-order valence-corrected chi connectivity index (χ4v) is 1.89. The third-order valence-electron chi connectivity index (χ3n) is 3.59. The first-order valence-corrected chi connectivity index (χ1v) is 4.96. The Hall–Kier alpha value is -0.550. The third kappa shape index (κ3) is 1.58. The average molecular weight is 181 g/mol. The molecule has 0 atom stereocenters. The molecular weight excluding hydrogens is 162 g/mol. The van der Waals surface area contributed by atoms with Crippen molar-refractivity contribution in [1.82, 2.24) is 0 Å². The highest BCUT2D eigenvalue weighted by Gasteiger charge is 2.53. The van der Waals surface area contributed by atoms with Gasteiger partial charge in [-0.15, -0.1) is 0 Å². The van der Waals surface area contributed by atoms with E-state index in [1.54, 1.807) is 0 Å². The molecule has 0 heterocycles. The Kier molecular flexibility index (Phi) is 2.42. The van der Waals surface area contributed by atoms with Crippen molar-refractivity contribution in [1.29, 1.82) is 5.26 Å². The van der Waals surface area contributed by atoms with Gasteiger partial charge in [-0.1, -0.05) is 13.8 Å². The molecule has 0 aromatic carbocycles. The summed E-state index contributed by atoms with van der Waals surface area (Å²) >= 11 is 0. The number of rotatable bonds is 2. The SMILES string of the molecule is CC(C)C1CC(O)(C(C)(C)C#N)C1. The molecule has 0 spiro atoms. The molecule has 1 fully saturated rings. The van der Waals surface area contributed by atoms with Crippen molar-refractivity contribution in [3.63, 3.8) is 0 Å². The van der Waals surface area contributed by atoms with Crippen LogP contribution in [-0.4, -0.2) is 10.7 Å². The molecule has 1 saturated carbocycles. The smallest absolute Gasteiger partial charge is 0.0833 e. The zero-order valence-corrected chi connectivity index (χ0v) is 8.96. The number of nitriles is 1. The number of aliphatic hydroxyl groups is 1. The van der Waals surface area contributed by atoms with Crippen LogP contribution in [0.5, 0.6) is 0 Å². The van der Waals surface area contributed by atoms with Gasteiger partial charge in [-0.3, -0.25) is 0 Å². The lowest BCUT2D eigenvalue weighted by Gasteiger charge is -2.51. The maximum Gasteiger partial charge on any atom is 0.0833 e. The molecule has 0 aromatic rings. The van der Waals surface area contributed by atoms with Gasteiger partial charge < -0.3 is 5.11 Å². The highest BCUT2D eigenvalue weighted by atomic mass is 16.3. The van der Waals surface area contributed by atoms with E-state index in [-0.39, 0.29) is 0 Å². The molecule has 0 saturated heterocycles. The monoisotopic (exact) mass is 181 g/mol. The molecule has 0 aromatic heterocycles. The number of nitrogens with zero attached hydrogens (tertiary/aromatic N) is 1. The molecule has 0 unspecified atom stereocenters. The van der Waals surface area contributed by atoms with Gasteiger partial charge in [-0.2, -0.15) is 5.26 Å². The first-order chi connectivity index (χ1) is 5.82. The van der Waals surface area contributed by atoms with Crippen LogP contribution in [-0.2, 0) is 0 Å². The molecule has 0 amide bonds. The van der Waals surface area contributed by atoms with Crippen molar-refractivity contribution >= 4 is 0 Å².